The zero-order chi connectivity index (χ0) is 20.0. The number of unbranched alkanes of at least 4 members (excludes halogenated alkanes) is 1. The van der Waals surface area contributed by atoms with Crippen molar-refractivity contribution in [3.63, 3.8) is 0 Å². The number of aromatic nitrogens is 2. The van der Waals surface area contributed by atoms with Crippen molar-refractivity contribution in [3.8, 4) is 0 Å². The van der Waals surface area contributed by atoms with E-state index in [1.54, 1.807) is 9.58 Å². The lowest BCUT2D eigenvalue weighted by atomic mass is 9.88. The SMILES string of the molecule is CCCCN(CC(=O)Nc1cc(C(C)(C)C)nn1C)C(=O)C1CCCCC1. The number of nitrogens with one attached hydrogen (secondary N) is 1. The van der Waals surface area contributed by atoms with Crippen LogP contribution in [0.5, 0.6) is 0 Å². The number of aryl methyl sites for hydroxylation is 1. The van der Waals surface area contributed by atoms with Gasteiger partial charge in [0.1, 0.15) is 5.82 Å². The predicted molar refractivity (Wildman–Crippen MR) is 109 cm³/mol. The molecule has 0 atom stereocenters. The summed E-state index contributed by atoms with van der Waals surface area (Å²) in [5.41, 5.74) is 0.853. The first-order valence-electron chi connectivity index (χ1n) is 10.4. The Hall–Kier alpha value is -1.85. The largest absolute Gasteiger partial charge is 0.333 e. The molecule has 1 aliphatic rings. The third kappa shape index (κ3) is 6.08. The number of amides is 2. The summed E-state index contributed by atoms with van der Waals surface area (Å²) < 4.78 is 1.69. The lowest BCUT2D eigenvalue weighted by Crippen LogP contribution is -2.42. The third-order valence-electron chi connectivity index (χ3n) is 5.30. The molecule has 1 N–H and O–H groups in total. The summed E-state index contributed by atoms with van der Waals surface area (Å²) in [5, 5.41) is 7.43. The van der Waals surface area contributed by atoms with Gasteiger partial charge < -0.3 is 10.2 Å². The molecule has 6 heteroatoms. The van der Waals surface area contributed by atoms with E-state index in [-0.39, 0.29) is 29.7 Å². The monoisotopic (exact) mass is 376 g/mol. The van der Waals surface area contributed by atoms with Gasteiger partial charge in [-0.15, -0.1) is 0 Å². The average Bonchev–Trinajstić information content (AvgIpc) is 2.99. The van der Waals surface area contributed by atoms with Crippen molar-refractivity contribution in [1.82, 2.24) is 14.7 Å². The number of hydrogen-bond acceptors (Lipinski definition) is 3. The molecule has 0 unspecified atom stereocenters. The highest BCUT2D eigenvalue weighted by molar-refractivity contribution is 5.94. The second-order valence-electron chi connectivity index (χ2n) is 8.78. The lowest BCUT2D eigenvalue weighted by molar-refractivity contribution is -0.139. The molecule has 2 amide bonds. The van der Waals surface area contributed by atoms with Crippen LogP contribution in [0.1, 0.15) is 78.3 Å². The lowest BCUT2D eigenvalue weighted by Gasteiger charge is -2.29. The minimum atomic E-state index is -0.154. The van der Waals surface area contributed by atoms with Crippen LogP contribution in [0.3, 0.4) is 0 Å². The fraction of sp³-hybridized carbons (Fsp3) is 0.762. The van der Waals surface area contributed by atoms with Crippen LogP contribution in [-0.2, 0) is 22.1 Å². The van der Waals surface area contributed by atoms with Gasteiger partial charge in [-0.2, -0.15) is 5.10 Å². The van der Waals surface area contributed by atoms with Crippen molar-refractivity contribution >= 4 is 17.6 Å². The summed E-state index contributed by atoms with van der Waals surface area (Å²) in [6, 6.07) is 1.91. The normalized spacial score (nSPS) is 15.6. The van der Waals surface area contributed by atoms with E-state index < -0.39 is 0 Å². The first kappa shape index (κ1) is 21.5. The topological polar surface area (TPSA) is 67.2 Å². The summed E-state index contributed by atoms with van der Waals surface area (Å²) in [4.78, 5) is 27.3. The molecule has 0 radical (unpaired) electrons. The molecular weight excluding hydrogens is 340 g/mol. The fourth-order valence-corrected chi connectivity index (χ4v) is 3.53. The molecule has 1 heterocycles. The van der Waals surface area contributed by atoms with Crippen LogP contribution >= 0.6 is 0 Å². The molecule has 152 valence electrons. The van der Waals surface area contributed by atoms with Gasteiger partial charge in [-0.05, 0) is 19.3 Å². The zero-order valence-corrected chi connectivity index (χ0v) is 17.7. The second-order valence-corrected chi connectivity index (χ2v) is 8.78. The molecule has 1 fully saturated rings. The standard InChI is InChI=1S/C21H36N4O2/c1-6-7-13-25(20(27)16-11-9-8-10-12-16)15-19(26)22-18-14-17(21(2,3)4)23-24(18)5/h14,16H,6-13,15H2,1-5H3,(H,22,26). The number of nitrogens with zero attached hydrogens (tertiary/aromatic N) is 3. The maximum atomic E-state index is 12.9. The quantitative estimate of drug-likeness (QED) is 0.785. The minimum absolute atomic E-state index is 0.0785. The number of carbonyl (C=O) groups excluding carboxylic acids is 2. The van der Waals surface area contributed by atoms with E-state index in [9.17, 15) is 9.59 Å². The first-order valence-corrected chi connectivity index (χ1v) is 10.4. The van der Waals surface area contributed by atoms with Gasteiger partial charge in [0.15, 0.2) is 0 Å². The van der Waals surface area contributed by atoms with Crippen LogP contribution in [0.4, 0.5) is 5.82 Å². The fourth-order valence-electron chi connectivity index (χ4n) is 3.53. The van der Waals surface area contributed by atoms with Crippen molar-refractivity contribution in [1.29, 1.82) is 0 Å². The van der Waals surface area contributed by atoms with Crippen LogP contribution in [0.25, 0.3) is 0 Å². The summed E-state index contributed by atoms with van der Waals surface area (Å²) in [7, 11) is 1.83. The Morgan fingerprint density at radius 3 is 2.48 bits per heavy atom. The molecule has 0 saturated heterocycles. The van der Waals surface area contributed by atoms with Gasteiger partial charge in [-0.25, -0.2) is 0 Å². The van der Waals surface area contributed by atoms with Gasteiger partial charge in [0.05, 0.1) is 12.2 Å². The summed E-state index contributed by atoms with van der Waals surface area (Å²) in [6.45, 7) is 9.15. The molecular formula is C21H36N4O2. The molecule has 27 heavy (non-hydrogen) atoms. The number of hydrogen-bond donors (Lipinski definition) is 1. The van der Waals surface area contributed by atoms with Crippen molar-refractivity contribution < 1.29 is 9.59 Å². The highest BCUT2D eigenvalue weighted by atomic mass is 16.2. The molecule has 0 bridgehead atoms. The summed E-state index contributed by atoms with van der Waals surface area (Å²) in [5.74, 6) is 0.760. The van der Waals surface area contributed by atoms with E-state index in [1.165, 1.54) is 6.42 Å². The molecule has 6 nitrogen and oxygen atoms in total. The summed E-state index contributed by atoms with van der Waals surface area (Å²) >= 11 is 0. The van der Waals surface area contributed by atoms with Gasteiger partial charge in [-0.3, -0.25) is 14.3 Å². The number of carbonyl (C=O) groups is 2. The maximum absolute atomic E-state index is 12.9. The van der Waals surface area contributed by atoms with E-state index in [0.717, 1.165) is 44.2 Å². The Labute approximate surface area is 163 Å². The van der Waals surface area contributed by atoms with E-state index >= 15 is 0 Å². The van der Waals surface area contributed by atoms with E-state index in [0.29, 0.717) is 12.4 Å². The minimum Gasteiger partial charge on any atom is -0.333 e. The highest BCUT2D eigenvalue weighted by Gasteiger charge is 2.27. The van der Waals surface area contributed by atoms with E-state index in [2.05, 4.69) is 38.1 Å². The Morgan fingerprint density at radius 1 is 1.26 bits per heavy atom. The maximum Gasteiger partial charge on any atom is 0.245 e. The van der Waals surface area contributed by atoms with Crippen molar-refractivity contribution in [2.45, 2.75) is 78.1 Å². The zero-order valence-electron chi connectivity index (χ0n) is 17.7. The van der Waals surface area contributed by atoms with Crippen LogP contribution in [0.15, 0.2) is 6.07 Å². The first-order chi connectivity index (χ1) is 12.7. The van der Waals surface area contributed by atoms with Crippen LogP contribution in [0.2, 0.25) is 0 Å². The Balaban J connectivity index is 2.02. The van der Waals surface area contributed by atoms with Crippen LogP contribution < -0.4 is 5.32 Å². The average molecular weight is 377 g/mol. The molecule has 2 rings (SSSR count). The van der Waals surface area contributed by atoms with Crippen molar-refractivity contribution in [2.24, 2.45) is 13.0 Å². The van der Waals surface area contributed by atoms with Crippen LogP contribution in [-0.4, -0.2) is 39.6 Å². The Bertz CT molecular complexity index is 639. The van der Waals surface area contributed by atoms with E-state index in [4.69, 9.17) is 0 Å². The third-order valence-corrected chi connectivity index (χ3v) is 5.30. The van der Waals surface area contributed by atoms with Crippen molar-refractivity contribution in [3.05, 3.63) is 11.8 Å². The highest BCUT2D eigenvalue weighted by Crippen LogP contribution is 2.26. The molecule has 0 spiro atoms. The summed E-state index contributed by atoms with van der Waals surface area (Å²) in [6.07, 6.45) is 7.30. The Kier molecular flexibility index (Phi) is 7.45. The predicted octanol–water partition coefficient (Wildman–Crippen LogP) is 3.87. The van der Waals surface area contributed by atoms with Gasteiger partial charge in [0.25, 0.3) is 0 Å². The molecule has 0 aliphatic heterocycles. The van der Waals surface area contributed by atoms with Gasteiger partial charge in [-0.1, -0.05) is 53.4 Å². The molecule has 1 aromatic rings. The van der Waals surface area contributed by atoms with Crippen LogP contribution in [0, 0.1) is 5.92 Å². The van der Waals surface area contributed by atoms with Gasteiger partial charge in [0, 0.05) is 31.0 Å². The second kappa shape index (κ2) is 9.38. The molecule has 0 aromatic carbocycles. The Morgan fingerprint density at radius 2 is 1.93 bits per heavy atom. The number of rotatable bonds is 7. The van der Waals surface area contributed by atoms with Gasteiger partial charge >= 0.3 is 0 Å². The number of anilines is 1. The molecule has 1 aliphatic carbocycles. The van der Waals surface area contributed by atoms with Gasteiger partial charge in [0.2, 0.25) is 11.8 Å². The van der Waals surface area contributed by atoms with E-state index in [1.807, 2.05) is 13.1 Å². The van der Waals surface area contributed by atoms with Crippen molar-refractivity contribution in [2.75, 3.05) is 18.4 Å². The molecule has 1 aromatic heterocycles. The smallest absolute Gasteiger partial charge is 0.245 e. The molecule has 1 saturated carbocycles.